The molecule has 0 fully saturated rings. The summed E-state index contributed by atoms with van der Waals surface area (Å²) in [5.74, 6) is 0.218. The Morgan fingerprint density at radius 2 is 2.11 bits per heavy atom. The number of amides is 1. The molecule has 1 N–H and O–H groups in total. The van der Waals surface area contributed by atoms with Gasteiger partial charge in [0, 0.05) is 43.4 Å². The van der Waals surface area contributed by atoms with Gasteiger partial charge in [-0.05, 0) is 13.0 Å². The van der Waals surface area contributed by atoms with Crippen molar-refractivity contribution < 1.29 is 13.6 Å². The highest BCUT2D eigenvalue weighted by Gasteiger charge is 2.23. The van der Waals surface area contributed by atoms with Gasteiger partial charge in [0.1, 0.15) is 11.6 Å². The molecule has 6 nitrogen and oxygen atoms in total. The van der Waals surface area contributed by atoms with Crippen molar-refractivity contribution in [3.8, 4) is 0 Å². The van der Waals surface area contributed by atoms with E-state index in [1.54, 1.807) is 12.1 Å². The van der Waals surface area contributed by atoms with Crippen molar-refractivity contribution >= 4 is 22.4 Å². The van der Waals surface area contributed by atoms with Gasteiger partial charge in [0.25, 0.3) is 5.89 Å². The van der Waals surface area contributed by atoms with Crippen molar-refractivity contribution in [2.75, 3.05) is 18.4 Å². The minimum absolute atomic E-state index is 0.0652. The number of aryl methyl sites for hydroxylation is 1. The summed E-state index contributed by atoms with van der Waals surface area (Å²) in [7, 11) is 0. The molecule has 3 aromatic rings. The van der Waals surface area contributed by atoms with Crippen molar-refractivity contribution in [2.24, 2.45) is 0 Å². The number of nitrogens with one attached hydrogen (secondary N) is 1. The Bertz CT molecular complexity index is 943. The number of halogens is 1. The highest BCUT2D eigenvalue weighted by Crippen LogP contribution is 2.21. The smallest absolute Gasteiger partial charge is 0.313 e. The number of carbonyl (C=O) groups excluding carboxylic acids is 1. The van der Waals surface area contributed by atoms with Crippen molar-refractivity contribution in [1.29, 1.82) is 0 Å². The molecule has 0 spiro atoms. The second-order valence-electron chi connectivity index (χ2n) is 6.50. The quantitative estimate of drug-likeness (QED) is 0.744. The number of rotatable bonds is 4. The van der Waals surface area contributed by atoms with Crippen molar-refractivity contribution in [2.45, 2.75) is 26.3 Å². The molecule has 0 unspecified atom stereocenters. The summed E-state index contributed by atoms with van der Waals surface area (Å²) in [6, 6.07) is 6.82. The van der Waals surface area contributed by atoms with Crippen LogP contribution in [0.5, 0.6) is 0 Å². The molecule has 8 heteroatoms. The predicted octanol–water partition coefficient (Wildman–Crippen LogP) is 3.43. The molecule has 0 bridgehead atoms. The number of nitrogens with zero attached hydrogens (tertiary/aromatic N) is 3. The van der Waals surface area contributed by atoms with Gasteiger partial charge in [-0.1, -0.05) is 18.2 Å². The third-order valence-corrected chi connectivity index (χ3v) is 5.36. The molecular formula is C19H19FN4O2S. The second kappa shape index (κ2) is 7.58. The third kappa shape index (κ3) is 4.06. The Labute approximate surface area is 160 Å². The Kier molecular flexibility index (Phi) is 5.00. The molecule has 1 aliphatic heterocycles. The molecule has 4 rings (SSSR count). The van der Waals surface area contributed by atoms with E-state index in [2.05, 4.69) is 20.2 Å². The Morgan fingerprint density at radius 3 is 2.89 bits per heavy atom. The molecule has 2 aromatic heterocycles. The Hall–Kier alpha value is -2.58. The monoisotopic (exact) mass is 386 g/mol. The van der Waals surface area contributed by atoms with Crippen LogP contribution in [0.3, 0.4) is 0 Å². The van der Waals surface area contributed by atoms with Gasteiger partial charge in [-0.3, -0.25) is 15.0 Å². The zero-order valence-corrected chi connectivity index (χ0v) is 15.7. The largest absolute Gasteiger partial charge is 0.437 e. The van der Waals surface area contributed by atoms with Crippen LogP contribution in [0.25, 0.3) is 0 Å². The lowest BCUT2D eigenvalue weighted by Crippen LogP contribution is -2.26. The SMILES string of the molecule is Cc1csc(NC(=O)c2nc3c(o2)CCN(Cc2ccccc2F)CC3)n1. The van der Waals surface area contributed by atoms with E-state index in [1.165, 1.54) is 17.4 Å². The Balaban J connectivity index is 1.40. The number of hydrogen-bond donors (Lipinski definition) is 1. The number of oxazole rings is 1. The van der Waals surface area contributed by atoms with Gasteiger partial charge in [-0.25, -0.2) is 14.4 Å². The van der Waals surface area contributed by atoms with E-state index in [0.29, 0.717) is 30.1 Å². The van der Waals surface area contributed by atoms with Crippen LogP contribution in [0.2, 0.25) is 0 Å². The number of hydrogen-bond acceptors (Lipinski definition) is 6. The van der Waals surface area contributed by atoms with Crippen LogP contribution in [0.15, 0.2) is 34.1 Å². The van der Waals surface area contributed by atoms with Gasteiger partial charge >= 0.3 is 5.91 Å². The highest BCUT2D eigenvalue weighted by atomic mass is 32.1. The maximum Gasteiger partial charge on any atom is 0.313 e. The maximum atomic E-state index is 13.9. The third-order valence-electron chi connectivity index (χ3n) is 4.48. The average Bonchev–Trinajstić information content (AvgIpc) is 3.20. The minimum Gasteiger partial charge on any atom is -0.437 e. The molecular weight excluding hydrogens is 367 g/mol. The molecule has 0 saturated carbocycles. The van der Waals surface area contributed by atoms with Gasteiger partial charge in [-0.2, -0.15) is 0 Å². The fourth-order valence-corrected chi connectivity index (χ4v) is 3.78. The number of anilines is 1. The van der Waals surface area contributed by atoms with E-state index in [4.69, 9.17) is 4.42 Å². The molecule has 1 aliphatic rings. The van der Waals surface area contributed by atoms with Gasteiger partial charge < -0.3 is 4.42 Å². The van der Waals surface area contributed by atoms with E-state index in [1.807, 2.05) is 18.4 Å². The zero-order valence-electron chi connectivity index (χ0n) is 14.9. The lowest BCUT2D eigenvalue weighted by atomic mass is 10.2. The van der Waals surface area contributed by atoms with Gasteiger partial charge in [0.15, 0.2) is 5.13 Å². The number of carbonyl (C=O) groups is 1. The van der Waals surface area contributed by atoms with Crippen LogP contribution >= 0.6 is 11.3 Å². The second-order valence-corrected chi connectivity index (χ2v) is 7.36. The van der Waals surface area contributed by atoms with Crippen LogP contribution in [0.1, 0.15) is 33.4 Å². The average molecular weight is 386 g/mol. The first-order valence-corrected chi connectivity index (χ1v) is 9.64. The summed E-state index contributed by atoms with van der Waals surface area (Å²) in [4.78, 5) is 23.1. The first-order valence-electron chi connectivity index (χ1n) is 8.76. The fourth-order valence-electron chi connectivity index (χ4n) is 3.09. The molecule has 0 radical (unpaired) electrons. The fraction of sp³-hybridized carbons (Fsp3) is 0.316. The van der Waals surface area contributed by atoms with Crippen LogP contribution in [0.4, 0.5) is 9.52 Å². The van der Waals surface area contributed by atoms with E-state index in [9.17, 15) is 9.18 Å². The minimum atomic E-state index is -0.388. The summed E-state index contributed by atoms with van der Waals surface area (Å²) in [5.41, 5.74) is 2.34. The number of benzene rings is 1. The van der Waals surface area contributed by atoms with Crippen LogP contribution < -0.4 is 5.32 Å². The molecule has 1 aromatic carbocycles. The molecule has 0 aliphatic carbocycles. The van der Waals surface area contributed by atoms with Crippen LogP contribution in [-0.4, -0.2) is 33.9 Å². The van der Waals surface area contributed by atoms with E-state index < -0.39 is 0 Å². The van der Waals surface area contributed by atoms with Crippen molar-refractivity contribution in [1.82, 2.24) is 14.9 Å². The normalized spacial score (nSPS) is 14.6. The standard InChI is InChI=1S/C19H19FN4O2S/c1-12-11-27-19(21-12)23-17(25)18-22-15-6-8-24(9-7-16(15)26-18)10-13-4-2-3-5-14(13)20/h2-5,11H,6-10H2,1H3,(H,21,23,25). The maximum absolute atomic E-state index is 13.9. The summed E-state index contributed by atoms with van der Waals surface area (Å²) in [6.45, 7) is 3.88. The molecule has 1 amide bonds. The molecule has 0 saturated heterocycles. The first-order chi connectivity index (χ1) is 13.1. The van der Waals surface area contributed by atoms with E-state index >= 15 is 0 Å². The molecule has 0 atom stereocenters. The summed E-state index contributed by atoms with van der Waals surface area (Å²) in [6.07, 6.45) is 1.30. The summed E-state index contributed by atoms with van der Waals surface area (Å²) >= 11 is 1.36. The lowest BCUT2D eigenvalue weighted by Gasteiger charge is -2.19. The predicted molar refractivity (Wildman–Crippen MR) is 100 cm³/mol. The van der Waals surface area contributed by atoms with Gasteiger partial charge in [0.05, 0.1) is 11.4 Å². The van der Waals surface area contributed by atoms with Gasteiger partial charge in [-0.15, -0.1) is 11.3 Å². The van der Waals surface area contributed by atoms with Crippen LogP contribution in [0, 0.1) is 12.7 Å². The number of aromatic nitrogens is 2. The van der Waals surface area contributed by atoms with Crippen LogP contribution in [-0.2, 0) is 19.4 Å². The lowest BCUT2D eigenvalue weighted by molar-refractivity contribution is 0.0988. The van der Waals surface area contributed by atoms with Crippen molar-refractivity contribution in [3.63, 3.8) is 0 Å². The summed E-state index contributed by atoms with van der Waals surface area (Å²) in [5, 5.41) is 5.11. The highest BCUT2D eigenvalue weighted by molar-refractivity contribution is 7.13. The number of fused-ring (bicyclic) bond motifs is 1. The van der Waals surface area contributed by atoms with Gasteiger partial charge in [0.2, 0.25) is 0 Å². The molecule has 140 valence electrons. The van der Waals surface area contributed by atoms with Crippen molar-refractivity contribution in [3.05, 3.63) is 64.1 Å². The summed E-state index contributed by atoms with van der Waals surface area (Å²) < 4.78 is 19.6. The topological polar surface area (TPSA) is 71.3 Å². The molecule has 3 heterocycles. The number of thiazole rings is 1. The van der Waals surface area contributed by atoms with E-state index in [0.717, 1.165) is 30.2 Å². The zero-order chi connectivity index (χ0) is 18.8. The molecule has 27 heavy (non-hydrogen) atoms. The first kappa shape index (κ1) is 17.8. The van der Waals surface area contributed by atoms with E-state index in [-0.39, 0.29) is 17.6 Å². The Morgan fingerprint density at radius 1 is 1.30 bits per heavy atom.